The summed E-state index contributed by atoms with van der Waals surface area (Å²) in [5.74, 6) is 0. The average molecular weight is 171 g/mol. The molecule has 0 aromatic carbocycles. The Morgan fingerprint density at radius 2 is 2.00 bits per heavy atom. The third-order valence-electron chi connectivity index (χ3n) is 2.91. The Bertz CT molecular complexity index is 123. The van der Waals surface area contributed by atoms with Crippen molar-refractivity contribution in [3.8, 4) is 0 Å². The van der Waals surface area contributed by atoms with Gasteiger partial charge >= 0.3 is 0 Å². The number of aliphatic hydroxyl groups is 1. The standard InChI is InChI=1S/C10H21NO/c1-3-8(4-2)11-9-6-5-7-10(9)12/h8-12H,3-7H2,1-2H3/t9-,10-/m0/s1. The van der Waals surface area contributed by atoms with E-state index in [1.165, 1.54) is 19.3 Å². The van der Waals surface area contributed by atoms with Gasteiger partial charge in [-0.2, -0.15) is 0 Å². The van der Waals surface area contributed by atoms with Gasteiger partial charge in [-0.05, 0) is 32.1 Å². The van der Waals surface area contributed by atoms with E-state index in [0.717, 1.165) is 12.8 Å². The third kappa shape index (κ3) is 2.46. The Hall–Kier alpha value is -0.0800. The maximum atomic E-state index is 9.57. The monoisotopic (exact) mass is 171 g/mol. The summed E-state index contributed by atoms with van der Waals surface area (Å²) in [6, 6.07) is 0.970. The number of nitrogens with one attached hydrogen (secondary N) is 1. The number of aliphatic hydroxyl groups excluding tert-OH is 1. The minimum absolute atomic E-state index is 0.0920. The van der Waals surface area contributed by atoms with E-state index in [4.69, 9.17) is 0 Å². The fraction of sp³-hybridized carbons (Fsp3) is 1.00. The molecule has 2 nitrogen and oxygen atoms in total. The van der Waals surface area contributed by atoms with Crippen LogP contribution in [0.3, 0.4) is 0 Å². The lowest BCUT2D eigenvalue weighted by atomic mass is 10.1. The van der Waals surface area contributed by atoms with Gasteiger partial charge in [-0.25, -0.2) is 0 Å². The van der Waals surface area contributed by atoms with E-state index < -0.39 is 0 Å². The second kappa shape index (κ2) is 4.83. The van der Waals surface area contributed by atoms with Gasteiger partial charge in [-0.1, -0.05) is 13.8 Å². The summed E-state index contributed by atoms with van der Waals surface area (Å²) in [6.07, 6.45) is 5.55. The predicted molar refractivity (Wildman–Crippen MR) is 51.2 cm³/mol. The molecule has 2 atom stereocenters. The van der Waals surface area contributed by atoms with Gasteiger partial charge in [-0.3, -0.25) is 0 Å². The lowest BCUT2D eigenvalue weighted by molar-refractivity contribution is 0.141. The Kier molecular flexibility index (Phi) is 4.02. The molecule has 0 bridgehead atoms. The van der Waals surface area contributed by atoms with Gasteiger partial charge in [0, 0.05) is 12.1 Å². The van der Waals surface area contributed by atoms with Crippen LogP contribution in [0.2, 0.25) is 0 Å². The maximum Gasteiger partial charge on any atom is 0.0693 e. The molecule has 1 saturated carbocycles. The van der Waals surface area contributed by atoms with E-state index in [1.54, 1.807) is 0 Å². The van der Waals surface area contributed by atoms with Crippen molar-refractivity contribution in [1.82, 2.24) is 5.32 Å². The molecule has 1 rings (SSSR count). The smallest absolute Gasteiger partial charge is 0.0693 e. The lowest BCUT2D eigenvalue weighted by Gasteiger charge is -2.22. The van der Waals surface area contributed by atoms with Crippen LogP contribution in [0.25, 0.3) is 0 Å². The van der Waals surface area contributed by atoms with Crippen LogP contribution in [0.4, 0.5) is 0 Å². The molecule has 1 aliphatic rings. The van der Waals surface area contributed by atoms with Crippen LogP contribution in [-0.4, -0.2) is 23.3 Å². The quantitative estimate of drug-likeness (QED) is 0.674. The molecule has 0 aliphatic heterocycles. The fourth-order valence-corrected chi connectivity index (χ4v) is 1.96. The topological polar surface area (TPSA) is 32.3 Å². The summed E-state index contributed by atoms with van der Waals surface area (Å²) in [7, 11) is 0. The highest BCUT2D eigenvalue weighted by Gasteiger charge is 2.25. The van der Waals surface area contributed by atoms with Crippen molar-refractivity contribution in [1.29, 1.82) is 0 Å². The minimum Gasteiger partial charge on any atom is -0.392 e. The average Bonchev–Trinajstić information content (AvgIpc) is 2.47. The van der Waals surface area contributed by atoms with Gasteiger partial charge < -0.3 is 10.4 Å². The number of rotatable bonds is 4. The highest BCUT2D eigenvalue weighted by atomic mass is 16.3. The SMILES string of the molecule is CCC(CC)N[C@H]1CCC[C@@H]1O. The normalized spacial score (nSPS) is 30.0. The van der Waals surface area contributed by atoms with Crippen LogP contribution < -0.4 is 5.32 Å². The number of hydrogen-bond acceptors (Lipinski definition) is 2. The van der Waals surface area contributed by atoms with Gasteiger partial charge in [-0.15, -0.1) is 0 Å². The lowest BCUT2D eigenvalue weighted by Crippen LogP contribution is -2.42. The van der Waals surface area contributed by atoms with Crippen LogP contribution in [-0.2, 0) is 0 Å². The van der Waals surface area contributed by atoms with Crippen molar-refractivity contribution in [3.05, 3.63) is 0 Å². The van der Waals surface area contributed by atoms with Crippen LogP contribution in [0.1, 0.15) is 46.0 Å². The summed E-state index contributed by atoms with van der Waals surface area (Å²) < 4.78 is 0. The van der Waals surface area contributed by atoms with E-state index in [2.05, 4.69) is 19.2 Å². The first-order valence-electron chi connectivity index (χ1n) is 5.22. The van der Waals surface area contributed by atoms with Crippen molar-refractivity contribution in [2.45, 2.75) is 64.1 Å². The minimum atomic E-state index is -0.0920. The first-order chi connectivity index (χ1) is 5.77. The second-order valence-corrected chi connectivity index (χ2v) is 3.78. The Morgan fingerprint density at radius 1 is 1.33 bits per heavy atom. The molecule has 0 saturated heterocycles. The van der Waals surface area contributed by atoms with E-state index >= 15 is 0 Å². The van der Waals surface area contributed by atoms with E-state index in [0.29, 0.717) is 12.1 Å². The fourth-order valence-electron chi connectivity index (χ4n) is 1.96. The van der Waals surface area contributed by atoms with E-state index in [-0.39, 0.29) is 6.10 Å². The van der Waals surface area contributed by atoms with E-state index in [9.17, 15) is 5.11 Å². The zero-order chi connectivity index (χ0) is 8.97. The first kappa shape index (κ1) is 10.0. The zero-order valence-electron chi connectivity index (χ0n) is 8.21. The summed E-state index contributed by atoms with van der Waals surface area (Å²) in [4.78, 5) is 0. The summed E-state index contributed by atoms with van der Waals surface area (Å²) >= 11 is 0. The Morgan fingerprint density at radius 3 is 2.42 bits per heavy atom. The molecular formula is C10H21NO. The molecule has 0 aromatic heterocycles. The molecule has 1 fully saturated rings. The Balaban J connectivity index is 2.28. The molecule has 1 aliphatic carbocycles. The molecule has 0 aromatic rings. The molecule has 0 heterocycles. The van der Waals surface area contributed by atoms with Gasteiger partial charge in [0.25, 0.3) is 0 Å². The molecular weight excluding hydrogens is 150 g/mol. The van der Waals surface area contributed by atoms with Crippen LogP contribution in [0, 0.1) is 0 Å². The van der Waals surface area contributed by atoms with Crippen molar-refractivity contribution >= 4 is 0 Å². The third-order valence-corrected chi connectivity index (χ3v) is 2.91. The van der Waals surface area contributed by atoms with Crippen LogP contribution in [0.5, 0.6) is 0 Å². The zero-order valence-corrected chi connectivity index (χ0v) is 8.21. The summed E-state index contributed by atoms with van der Waals surface area (Å²) in [5, 5.41) is 13.1. The molecule has 2 heteroatoms. The molecule has 0 unspecified atom stereocenters. The summed E-state index contributed by atoms with van der Waals surface area (Å²) in [5.41, 5.74) is 0. The summed E-state index contributed by atoms with van der Waals surface area (Å²) in [6.45, 7) is 4.39. The van der Waals surface area contributed by atoms with Gasteiger partial charge in [0.1, 0.15) is 0 Å². The van der Waals surface area contributed by atoms with Crippen LogP contribution >= 0.6 is 0 Å². The van der Waals surface area contributed by atoms with E-state index in [1.807, 2.05) is 0 Å². The van der Waals surface area contributed by atoms with Crippen LogP contribution in [0.15, 0.2) is 0 Å². The number of hydrogen-bond donors (Lipinski definition) is 2. The molecule has 72 valence electrons. The van der Waals surface area contributed by atoms with Crippen molar-refractivity contribution in [2.75, 3.05) is 0 Å². The highest BCUT2D eigenvalue weighted by Crippen LogP contribution is 2.19. The first-order valence-corrected chi connectivity index (χ1v) is 5.22. The molecule has 2 N–H and O–H groups in total. The maximum absolute atomic E-state index is 9.57. The van der Waals surface area contributed by atoms with Crippen molar-refractivity contribution in [2.24, 2.45) is 0 Å². The largest absolute Gasteiger partial charge is 0.392 e. The van der Waals surface area contributed by atoms with Gasteiger partial charge in [0.05, 0.1) is 6.10 Å². The molecule has 12 heavy (non-hydrogen) atoms. The molecule has 0 radical (unpaired) electrons. The molecule has 0 spiro atoms. The van der Waals surface area contributed by atoms with Gasteiger partial charge in [0.2, 0.25) is 0 Å². The van der Waals surface area contributed by atoms with Gasteiger partial charge in [0.15, 0.2) is 0 Å². The van der Waals surface area contributed by atoms with Crippen molar-refractivity contribution in [3.63, 3.8) is 0 Å². The molecule has 0 amide bonds. The second-order valence-electron chi connectivity index (χ2n) is 3.78. The predicted octanol–water partition coefficient (Wildman–Crippen LogP) is 1.68. The highest BCUT2D eigenvalue weighted by molar-refractivity contribution is 4.84. The van der Waals surface area contributed by atoms with Crippen molar-refractivity contribution < 1.29 is 5.11 Å². The Labute approximate surface area is 75.4 Å².